The molecule has 0 unspecified atom stereocenters. The summed E-state index contributed by atoms with van der Waals surface area (Å²) < 4.78 is 13.0. The molecule has 1 amide bonds. The van der Waals surface area contributed by atoms with Crippen molar-refractivity contribution in [3.63, 3.8) is 0 Å². The molecule has 3 aromatic heterocycles. The van der Waals surface area contributed by atoms with E-state index in [2.05, 4.69) is 20.3 Å². The highest BCUT2D eigenvalue weighted by molar-refractivity contribution is 6.04. The molecule has 6 nitrogen and oxygen atoms in total. The number of nitrogens with two attached hydrogens (primary N) is 1. The predicted molar refractivity (Wildman–Crippen MR) is 102 cm³/mol. The quantitative estimate of drug-likeness (QED) is 0.582. The van der Waals surface area contributed by atoms with Crippen LogP contribution in [0.4, 0.5) is 15.9 Å². The van der Waals surface area contributed by atoms with Crippen molar-refractivity contribution in [1.29, 1.82) is 0 Å². The van der Waals surface area contributed by atoms with Crippen LogP contribution in [0.25, 0.3) is 22.2 Å². The van der Waals surface area contributed by atoms with Gasteiger partial charge in [-0.25, -0.2) is 14.4 Å². The molecule has 0 aliphatic heterocycles. The fourth-order valence-electron chi connectivity index (χ4n) is 2.63. The third-order valence-electron chi connectivity index (χ3n) is 3.98. The van der Waals surface area contributed by atoms with Gasteiger partial charge in [-0.2, -0.15) is 0 Å². The van der Waals surface area contributed by atoms with Gasteiger partial charge in [-0.15, -0.1) is 0 Å². The molecule has 0 saturated heterocycles. The Balaban J connectivity index is 1.64. The molecule has 0 spiro atoms. The largest absolute Gasteiger partial charge is 0.397 e. The van der Waals surface area contributed by atoms with Crippen LogP contribution in [0.1, 0.15) is 10.4 Å². The number of nitrogen functional groups attached to an aromatic ring is 1. The SMILES string of the molecule is Nc1cncc(-c2ccc3cnc(NC(=O)c4ccc(F)cc4)cc3n2)c1. The van der Waals surface area contributed by atoms with E-state index in [0.717, 1.165) is 10.9 Å². The zero-order valence-corrected chi connectivity index (χ0v) is 14.1. The number of benzene rings is 1. The average molecular weight is 359 g/mol. The molecule has 0 fully saturated rings. The molecule has 3 N–H and O–H groups in total. The van der Waals surface area contributed by atoms with Crippen LogP contribution in [0, 0.1) is 5.82 Å². The lowest BCUT2D eigenvalue weighted by atomic mass is 10.1. The molecule has 0 radical (unpaired) electrons. The van der Waals surface area contributed by atoms with Crippen molar-refractivity contribution < 1.29 is 9.18 Å². The number of pyridine rings is 3. The summed E-state index contributed by atoms with van der Waals surface area (Å²) in [6.45, 7) is 0. The van der Waals surface area contributed by atoms with Crippen LogP contribution < -0.4 is 11.1 Å². The molecular formula is C20H14FN5O. The Morgan fingerprint density at radius 2 is 1.81 bits per heavy atom. The Labute approximate surface area is 153 Å². The molecule has 0 bridgehead atoms. The lowest BCUT2D eigenvalue weighted by Crippen LogP contribution is -2.12. The van der Waals surface area contributed by atoms with Crippen molar-refractivity contribution in [2.24, 2.45) is 0 Å². The van der Waals surface area contributed by atoms with Gasteiger partial charge in [0.1, 0.15) is 11.6 Å². The number of carbonyl (C=O) groups excluding carboxylic acids is 1. The summed E-state index contributed by atoms with van der Waals surface area (Å²) >= 11 is 0. The zero-order chi connectivity index (χ0) is 18.8. The lowest BCUT2D eigenvalue weighted by molar-refractivity contribution is 0.102. The minimum Gasteiger partial charge on any atom is -0.397 e. The number of nitrogens with zero attached hydrogens (tertiary/aromatic N) is 3. The van der Waals surface area contributed by atoms with E-state index in [-0.39, 0.29) is 5.91 Å². The fraction of sp³-hybridized carbons (Fsp3) is 0. The van der Waals surface area contributed by atoms with E-state index in [1.165, 1.54) is 24.3 Å². The van der Waals surface area contributed by atoms with Crippen LogP contribution in [0.2, 0.25) is 0 Å². The van der Waals surface area contributed by atoms with Gasteiger partial charge < -0.3 is 11.1 Å². The Bertz CT molecular complexity index is 1140. The number of hydrogen-bond donors (Lipinski definition) is 2. The fourth-order valence-corrected chi connectivity index (χ4v) is 2.63. The number of fused-ring (bicyclic) bond motifs is 1. The number of amides is 1. The maximum Gasteiger partial charge on any atom is 0.256 e. The maximum atomic E-state index is 13.0. The lowest BCUT2D eigenvalue weighted by Gasteiger charge is -2.07. The minimum atomic E-state index is -0.400. The van der Waals surface area contributed by atoms with Gasteiger partial charge in [0.25, 0.3) is 5.91 Å². The maximum absolute atomic E-state index is 13.0. The first kappa shape index (κ1) is 16.6. The smallest absolute Gasteiger partial charge is 0.256 e. The highest BCUT2D eigenvalue weighted by atomic mass is 19.1. The first-order chi connectivity index (χ1) is 13.1. The number of nitrogens with one attached hydrogen (secondary N) is 1. The first-order valence-corrected chi connectivity index (χ1v) is 8.13. The third kappa shape index (κ3) is 3.57. The summed E-state index contributed by atoms with van der Waals surface area (Å²) in [5.74, 6) is -0.423. The summed E-state index contributed by atoms with van der Waals surface area (Å²) in [7, 11) is 0. The van der Waals surface area contributed by atoms with Gasteiger partial charge in [-0.05, 0) is 42.5 Å². The highest BCUT2D eigenvalue weighted by Gasteiger charge is 2.09. The number of carbonyl (C=O) groups is 1. The minimum absolute atomic E-state index is 0.339. The molecule has 0 saturated carbocycles. The third-order valence-corrected chi connectivity index (χ3v) is 3.98. The number of halogens is 1. The van der Waals surface area contributed by atoms with Crippen LogP contribution >= 0.6 is 0 Å². The monoisotopic (exact) mass is 359 g/mol. The second-order valence-electron chi connectivity index (χ2n) is 5.93. The number of anilines is 2. The van der Waals surface area contributed by atoms with Crippen molar-refractivity contribution in [3.05, 3.63) is 78.5 Å². The highest BCUT2D eigenvalue weighted by Crippen LogP contribution is 2.23. The Kier molecular flexibility index (Phi) is 4.18. The number of hydrogen-bond acceptors (Lipinski definition) is 5. The molecule has 132 valence electrons. The van der Waals surface area contributed by atoms with E-state index in [9.17, 15) is 9.18 Å². The van der Waals surface area contributed by atoms with E-state index in [1.54, 1.807) is 30.7 Å². The topological polar surface area (TPSA) is 93.8 Å². The van der Waals surface area contributed by atoms with Crippen LogP contribution in [0.15, 0.2) is 67.1 Å². The Morgan fingerprint density at radius 1 is 1.00 bits per heavy atom. The van der Waals surface area contributed by atoms with Gasteiger partial charge in [-0.1, -0.05) is 0 Å². The molecular weight excluding hydrogens is 345 g/mol. The van der Waals surface area contributed by atoms with Crippen molar-refractivity contribution in [2.75, 3.05) is 11.1 Å². The Morgan fingerprint density at radius 3 is 2.59 bits per heavy atom. The molecule has 1 aromatic carbocycles. The predicted octanol–water partition coefficient (Wildman–Crippen LogP) is 3.67. The van der Waals surface area contributed by atoms with Gasteiger partial charge in [0.15, 0.2) is 0 Å². The van der Waals surface area contributed by atoms with E-state index in [0.29, 0.717) is 28.3 Å². The average Bonchev–Trinajstić information content (AvgIpc) is 2.68. The van der Waals surface area contributed by atoms with Crippen molar-refractivity contribution in [1.82, 2.24) is 15.0 Å². The summed E-state index contributed by atoms with van der Waals surface area (Å²) in [6, 6.07) is 12.5. The van der Waals surface area contributed by atoms with E-state index in [1.807, 2.05) is 12.1 Å². The van der Waals surface area contributed by atoms with Gasteiger partial charge in [0.2, 0.25) is 0 Å². The van der Waals surface area contributed by atoms with Gasteiger partial charge in [0, 0.05) is 41.2 Å². The molecule has 0 aliphatic rings. The van der Waals surface area contributed by atoms with Crippen LogP contribution in [-0.2, 0) is 0 Å². The van der Waals surface area contributed by atoms with Gasteiger partial charge >= 0.3 is 0 Å². The molecule has 27 heavy (non-hydrogen) atoms. The molecule has 4 rings (SSSR count). The molecule has 0 aliphatic carbocycles. The standard InChI is InChI=1S/C20H14FN5O/c21-15-4-1-12(2-5-15)20(27)26-19-8-18-13(10-24-19)3-6-17(25-18)14-7-16(22)11-23-9-14/h1-11H,22H2,(H,24,26,27). The number of aromatic nitrogens is 3. The normalized spacial score (nSPS) is 10.7. The summed E-state index contributed by atoms with van der Waals surface area (Å²) in [5.41, 5.74) is 8.85. The molecule has 3 heterocycles. The van der Waals surface area contributed by atoms with E-state index >= 15 is 0 Å². The van der Waals surface area contributed by atoms with Crippen LogP contribution in [-0.4, -0.2) is 20.9 Å². The van der Waals surface area contributed by atoms with Crippen LogP contribution in [0.5, 0.6) is 0 Å². The second-order valence-corrected chi connectivity index (χ2v) is 5.93. The van der Waals surface area contributed by atoms with E-state index < -0.39 is 5.82 Å². The van der Waals surface area contributed by atoms with Crippen LogP contribution in [0.3, 0.4) is 0 Å². The number of rotatable bonds is 3. The molecule has 0 atom stereocenters. The van der Waals surface area contributed by atoms with Gasteiger partial charge in [-0.3, -0.25) is 9.78 Å². The van der Waals surface area contributed by atoms with Crippen molar-refractivity contribution >= 4 is 28.3 Å². The zero-order valence-electron chi connectivity index (χ0n) is 14.1. The van der Waals surface area contributed by atoms with Crippen molar-refractivity contribution in [2.45, 2.75) is 0 Å². The second kappa shape index (κ2) is 6.80. The van der Waals surface area contributed by atoms with Crippen molar-refractivity contribution in [3.8, 4) is 11.3 Å². The Hall–Kier alpha value is -3.87. The van der Waals surface area contributed by atoms with E-state index in [4.69, 9.17) is 5.73 Å². The summed E-state index contributed by atoms with van der Waals surface area (Å²) in [5, 5.41) is 3.52. The molecule has 4 aromatic rings. The first-order valence-electron chi connectivity index (χ1n) is 8.13. The molecule has 7 heteroatoms. The summed E-state index contributed by atoms with van der Waals surface area (Å²) in [6.07, 6.45) is 4.88. The summed E-state index contributed by atoms with van der Waals surface area (Å²) in [4.78, 5) is 25.2. The van der Waals surface area contributed by atoms with Gasteiger partial charge in [0.05, 0.1) is 16.9 Å².